The fourth-order valence-electron chi connectivity index (χ4n) is 4.21. The first-order valence-corrected chi connectivity index (χ1v) is 11.0. The number of benzene rings is 2. The number of piperidine rings is 1. The zero-order valence-corrected chi connectivity index (χ0v) is 16.4. The van der Waals surface area contributed by atoms with E-state index in [0.717, 1.165) is 61.2 Å². The number of aromatic nitrogens is 2. The van der Waals surface area contributed by atoms with Crippen LogP contribution in [-0.4, -0.2) is 28.9 Å². The average molecular weight is 382 g/mol. The van der Waals surface area contributed by atoms with Gasteiger partial charge in [-0.1, -0.05) is 12.1 Å². The Bertz CT molecular complexity index is 969. The molecule has 0 bridgehead atoms. The van der Waals surface area contributed by atoms with E-state index < -0.39 is 0 Å². The van der Waals surface area contributed by atoms with Gasteiger partial charge in [-0.3, -0.25) is 0 Å². The van der Waals surface area contributed by atoms with Crippen LogP contribution in [0, 0.1) is 5.82 Å². The summed E-state index contributed by atoms with van der Waals surface area (Å²) in [5.74, 6) is 1.17. The fraction of sp³-hybridized carbons (Fsp3) is 0.409. The predicted octanol–water partition coefficient (Wildman–Crippen LogP) is 5.37. The monoisotopic (exact) mass is 381 g/mol. The largest absolute Gasteiger partial charge is 0.321 e. The second-order valence-corrected chi connectivity index (χ2v) is 8.54. The summed E-state index contributed by atoms with van der Waals surface area (Å²) < 4.78 is 17.3. The van der Waals surface area contributed by atoms with E-state index in [-0.39, 0.29) is 5.82 Å². The summed E-state index contributed by atoms with van der Waals surface area (Å²) in [5, 5.41) is 3.40. The second-order valence-electron chi connectivity index (χ2n) is 7.66. The first kappa shape index (κ1) is 17.3. The molecule has 1 aliphatic carbocycles. The Morgan fingerprint density at radius 1 is 1.07 bits per heavy atom. The van der Waals surface area contributed by atoms with Gasteiger partial charge in [0, 0.05) is 16.5 Å². The first-order valence-electron chi connectivity index (χ1n) is 9.81. The maximum atomic E-state index is 15.0. The van der Waals surface area contributed by atoms with E-state index in [9.17, 15) is 0 Å². The van der Waals surface area contributed by atoms with Crippen LogP contribution in [0.3, 0.4) is 0 Å². The predicted molar refractivity (Wildman–Crippen MR) is 110 cm³/mol. The van der Waals surface area contributed by atoms with Crippen LogP contribution in [0.4, 0.5) is 4.39 Å². The van der Waals surface area contributed by atoms with Gasteiger partial charge in [0.2, 0.25) is 0 Å². The minimum absolute atomic E-state index is 0.178. The molecule has 1 saturated carbocycles. The summed E-state index contributed by atoms with van der Waals surface area (Å²) in [7, 11) is 0. The smallest absolute Gasteiger partial charge is 0.151 e. The zero-order valence-electron chi connectivity index (χ0n) is 15.5. The number of imidazole rings is 1. The lowest BCUT2D eigenvalue weighted by Crippen LogP contribution is -2.26. The van der Waals surface area contributed by atoms with Crippen molar-refractivity contribution in [2.24, 2.45) is 0 Å². The van der Waals surface area contributed by atoms with E-state index in [1.54, 1.807) is 17.8 Å². The fourth-order valence-corrected chi connectivity index (χ4v) is 4.62. The molecule has 1 saturated heterocycles. The van der Waals surface area contributed by atoms with Crippen molar-refractivity contribution >= 4 is 22.8 Å². The maximum Gasteiger partial charge on any atom is 0.151 e. The number of nitrogens with one attached hydrogen (secondary N) is 1. The molecule has 0 atom stereocenters. The van der Waals surface area contributed by atoms with Crippen molar-refractivity contribution in [3.05, 3.63) is 47.8 Å². The van der Waals surface area contributed by atoms with Crippen LogP contribution in [0.1, 0.15) is 43.2 Å². The van der Waals surface area contributed by atoms with E-state index >= 15 is 4.39 Å². The number of halogens is 1. The Morgan fingerprint density at radius 3 is 2.48 bits per heavy atom. The lowest BCUT2D eigenvalue weighted by molar-refractivity contribution is 0.459. The standard InChI is InChI=1S/C22H24FN3S/c1-27-18-6-2-15(3-7-18)22-25-21-19(23)12-16(14-8-10-24-11-9-14)13-20(21)26(22)17-4-5-17/h2-3,6-7,12-14,17,24H,4-5,8-11H2,1H3. The van der Waals surface area contributed by atoms with Crippen LogP contribution in [0.5, 0.6) is 0 Å². The van der Waals surface area contributed by atoms with Gasteiger partial charge in [0.1, 0.15) is 11.3 Å². The molecule has 5 rings (SSSR count). The number of hydrogen-bond donors (Lipinski definition) is 1. The van der Waals surface area contributed by atoms with Crippen LogP contribution in [0.15, 0.2) is 41.3 Å². The van der Waals surface area contributed by atoms with Crippen molar-refractivity contribution in [3.8, 4) is 11.4 Å². The summed E-state index contributed by atoms with van der Waals surface area (Å²) >= 11 is 1.73. The molecule has 0 amide bonds. The van der Waals surface area contributed by atoms with E-state index in [1.165, 1.54) is 4.90 Å². The second kappa shape index (κ2) is 6.95. The van der Waals surface area contributed by atoms with Gasteiger partial charge >= 0.3 is 0 Å². The van der Waals surface area contributed by atoms with Gasteiger partial charge in [-0.25, -0.2) is 9.37 Å². The topological polar surface area (TPSA) is 29.9 Å². The van der Waals surface area contributed by atoms with Gasteiger partial charge < -0.3 is 9.88 Å². The van der Waals surface area contributed by atoms with Crippen LogP contribution in [0.2, 0.25) is 0 Å². The molecule has 1 N–H and O–H groups in total. The van der Waals surface area contributed by atoms with Crippen LogP contribution in [-0.2, 0) is 0 Å². The SMILES string of the molecule is CSc1ccc(-c2nc3c(F)cc(C4CCNCC4)cc3n2C2CC2)cc1. The van der Waals surface area contributed by atoms with Gasteiger partial charge in [-0.05, 0) is 80.8 Å². The molecular weight excluding hydrogens is 357 g/mol. The van der Waals surface area contributed by atoms with Gasteiger partial charge in [0.25, 0.3) is 0 Å². The van der Waals surface area contributed by atoms with Crippen molar-refractivity contribution in [1.82, 2.24) is 14.9 Å². The van der Waals surface area contributed by atoms with Crippen LogP contribution < -0.4 is 5.32 Å². The lowest BCUT2D eigenvalue weighted by Gasteiger charge is -2.23. The highest BCUT2D eigenvalue weighted by atomic mass is 32.2. The van der Waals surface area contributed by atoms with Crippen molar-refractivity contribution in [2.75, 3.05) is 19.3 Å². The van der Waals surface area contributed by atoms with Gasteiger partial charge in [-0.15, -0.1) is 11.8 Å². The molecule has 3 nitrogen and oxygen atoms in total. The molecule has 1 aromatic heterocycles. The van der Waals surface area contributed by atoms with Crippen molar-refractivity contribution in [1.29, 1.82) is 0 Å². The summed E-state index contributed by atoms with van der Waals surface area (Å²) in [4.78, 5) is 5.98. The third-order valence-electron chi connectivity index (χ3n) is 5.84. The number of hydrogen-bond acceptors (Lipinski definition) is 3. The van der Waals surface area contributed by atoms with Crippen molar-refractivity contribution in [2.45, 2.75) is 42.5 Å². The molecule has 0 unspecified atom stereocenters. The average Bonchev–Trinajstić information content (AvgIpc) is 3.48. The number of fused-ring (bicyclic) bond motifs is 1. The minimum atomic E-state index is -0.178. The highest BCUT2D eigenvalue weighted by Crippen LogP contribution is 2.42. The molecule has 2 aliphatic rings. The first-order chi connectivity index (χ1) is 13.2. The number of nitrogens with zero attached hydrogens (tertiary/aromatic N) is 2. The van der Waals surface area contributed by atoms with Gasteiger partial charge in [0.05, 0.1) is 5.52 Å². The molecule has 5 heteroatoms. The Labute approximate surface area is 163 Å². The van der Waals surface area contributed by atoms with E-state index in [4.69, 9.17) is 4.98 Å². The summed E-state index contributed by atoms with van der Waals surface area (Å²) in [6, 6.07) is 12.8. The Hall–Kier alpha value is -1.85. The minimum Gasteiger partial charge on any atom is -0.321 e. The zero-order chi connectivity index (χ0) is 18.4. The van der Waals surface area contributed by atoms with Crippen molar-refractivity contribution < 1.29 is 4.39 Å². The number of rotatable bonds is 4. The molecule has 140 valence electrons. The van der Waals surface area contributed by atoms with E-state index in [2.05, 4.69) is 46.5 Å². The molecule has 3 aromatic rings. The molecule has 2 heterocycles. The van der Waals surface area contributed by atoms with E-state index in [0.29, 0.717) is 17.5 Å². The molecule has 0 radical (unpaired) electrons. The summed E-state index contributed by atoms with van der Waals surface area (Å²) in [6.07, 6.45) is 6.53. The quantitative estimate of drug-likeness (QED) is 0.617. The molecular formula is C22H24FN3S. The Morgan fingerprint density at radius 2 is 1.81 bits per heavy atom. The van der Waals surface area contributed by atoms with Gasteiger partial charge in [0.15, 0.2) is 5.82 Å². The normalized spacial score (nSPS) is 18.3. The van der Waals surface area contributed by atoms with Crippen molar-refractivity contribution in [3.63, 3.8) is 0 Å². The van der Waals surface area contributed by atoms with Crippen LogP contribution >= 0.6 is 11.8 Å². The van der Waals surface area contributed by atoms with Gasteiger partial charge in [-0.2, -0.15) is 0 Å². The highest BCUT2D eigenvalue weighted by Gasteiger charge is 2.30. The molecule has 1 aliphatic heterocycles. The van der Waals surface area contributed by atoms with E-state index in [1.807, 2.05) is 0 Å². The molecule has 2 fully saturated rings. The lowest BCUT2D eigenvalue weighted by atomic mass is 9.90. The number of thioether (sulfide) groups is 1. The summed E-state index contributed by atoms with van der Waals surface area (Å²) in [6.45, 7) is 2.03. The summed E-state index contributed by atoms with van der Waals surface area (Å²) in [5.41, 5.74) is 3.69. The Kier molecular flexibility index (Phi) is 4.44. The molecule has 27 heavy (non-hydrogen) atoms. The van der Waals surface area contributed by atoms with Crippen LogP contribution in [0.25, 0.3) is 22.4 Å². The maximum absolute atomic E-state index is 15.0. The third-order valence-corrected chi connectivity index (χ3v) is 6.59. The molecule has 0 spiro atoms. The highest BCUT2D eigenvalue weighted by molar-refractivity contribution is 7.98. The molecule has 2 aromatic carbocycles. The third kappa shape index (κ3) is 3.17. The Balaban J connectivity index is 1.65.